The molecule has 0 aliphatic heterocycles. The number of hydrogen-bond donors (Lipinski definition) is 2. The van der Waals surface area contributed by atoms with Crippen molar-refractivity contribution < 1.29 is 19.1 Å². The van der Waals surface area contributed by atoms with Gasteiger partial charge in [-0.25, -0.2) is 5.43 Å². The van der Waals surface area contributed by atoms with Crippen LogP contribution in [0.4, 0.5) is 0 Å². The van der Waals surface area contributed by atoms with E-state index >= 15 is 0 Å². The minimum absolute atomic E-state index is 0.266. The number of hydrazone groups is 1. The zero-order chi connectivity index (χ0) is 18.9. The standard InChI is InChI=1S/C19H21N3O4/c1-13-4-6-14(7-5-13)11-20-18(23)19(24)22-21-12-15-8-9-16(25-2)10-17(15)26-3/h4-10,12H,11H2,1-3H3,(H,20,23)(H,22,24)/b21-12-. The summed E-state index contributed by atoms with van der Waals surface area (Å²) in [6, 6.07) is 12.8. The highest BCUT2D eigenvalue weighted by Gasteiger charge is 2.12. The molecule has 2 amide bonds. The van der Waals surface area contributed by atoms with Crippen LogP contribution in [0.15, 0.2) is 47.6 Å². The molecular formula is C19H21N3O4. The van der Waals surface area contributed by atoms with Gasteiger partial charge in [-0.3, -0.25) is 9.59 Å². The van der Waals surface area contributed by atoms with E-state index in [9.17, 15) is 9.59 Å². The van der Waals surface area contributed by atoms with Gasteiger partial charge in [0.15, 0.2) is 0 Å². The third-order valence-electron chi connectivity index (χ3n) is 3.59. The average molecular weight is 355 g/mol. The monoisotopic (exact) mass is 355 g/mol. The zero-order valence-corrected chi connectivity index (χ0v) is 14.9. The second kappa shape index (κ2) is 9.22. The van der Waals surface area contributed by atoms with Crippen LogP contribution in [0.3, 0.4) is 0 Å². The molecule has 0 saturated heterocycles. The molecule has 7 heteroatoms. The maximum Gasteiger partial charge on any atom is 0.329 e. The molecule has 0 saturated carbocycles. The van der Waals surface area contributed by atoms with Gasteiger partial charge in [0.1, 0.15) is 11.5 Å². The maximum atomic E-state index is 11.8. The Hall–Kier alpha value is -3.35. The summed E-state index contributed by atoms with van der Waals surface area (Å²) in [7, 11) is 3.07. The average Bonchev–Trinajstić information content (AvgIpc) is 2.67. The number of carbonyl (C=O) groups excluding carboxylic acids is 2. The van der Waals surface area contributed by atoms with Crippen molar-refractivity contribution in [2.45, 2.75) is 13.5 Å². The van der Waals surface area contributed by atoms with Crippen molar-refractivity contribution in [2.75, 3.05) is 14.2 Å². The quantitative estimate of drug-likeness (QED) is 0.470. The summed E-state index contributed by atoms with van der Waals surface area (Å²) in [5.74, 6) is -0.435. The van der Waals surface area contributed by atoms with Crippen LogP contribution in [0.2, 0.25) is 0 Å². The number of hydrogen-bond acceptors (Lipinski definition) is 5. The summed E-state index contributed by atoms with van der Waals surface area (Å²) in [5, 5.41) is 6.33. The van der Waals surface area contributed by atoms with E-state index in [4.69, 9.17) is 9.47 Å². The molecule has 0 aliphatic carbocycles. The smallest absolute Gasteiger partial charge is 0.329 e. The second-order valence-electron chi connectivity index (χ2n) is 5.48. The molecule has 0 radical (unpaired) electrons. The van der Waals surface area contributed by atoms with Gasteiger partial charge in [-0.05, 0) is 24.6 Å². The molecule has 2 N–H and O–H groups in total. The van der Waals surface area contributed by atoms with Crippen LogP contribution in [0.5, 0.6) is 11.5 Å². The van der Waals surface area contributed by atoms with Crippen LogP contribution in [0.1, 0.15) is 16.7 Å². The van der Waals surface area contributed by atoms with Crippen molar-refractivity contribution in [3.8, 4) is 11.5 Å². The van der Waals surface area contributed by atoms with E-state index in [-0.39, 0.29) is 6.54 Å². The fourth-order valence-electron chi connectivity index (χ4n) is 2.10. The molecule has 0 spiro atoms. The topological polar surface area (TPSA) is 89.0 Å². The fraction of sp³-hybridized carbons (Fsp3) is 0.211. The Morgan fingerprint density at radius 2 is 1.77 bits per heavy atom. The van der Waals surface area contributed by atoms with Crippen LogP contribution >= 0.6 is 0 Å². The number of amides is 2. The lowest BCUT2D eigenvalue weighted by atomic mass is 10.1. The predicted octanol–water partition coefficient (Wildman–Crippen LogP) is 1.78. The zero-order valence-electron chi connectivity index (χ0n) is 14.9. The third kappa shape index (κ3) is 5.34. The Morgan fingerprint density at radius 3 is 2.42 bits per heavy atom. The first-order valence-electron chi connectivity index (χ1n) is 7.92. The van der Waals surface area contributed by atoms with Gasteiger partial charge in [-0.15, -0.1) is 0 Å². The van der Waals surface area contributed by atoms with Crippen molar-refractivity contribution in [1.82, 2.24) is 10.7 Å². The molecule has 2 aromatic carbocycles. The van der Waals surface area contributed by atoms with E-state index < -0.39 is 11.8 Å². The Bertz CT molecular complexity index is 801. The molecule has 2 aromatic rings. The largest absolute Gasteiger partial charge is 0.497 e. The van der Waals surface area contributed by atoms with Crippen molar-refractivity contribution in [3.63, 3.8) is 0 Å². The number of methoxy groups -OCH3 is 2. The van der Waals surface area contributed by atoms with Crippen LogP contribution < -0.4 is 20.2 Å². The summed E-state index contributed by atoms with van der Waals surface area (Å²) in [6.45, 7) is 2.24. The first-order chi connectivity index (χ1) is 12.5. The molecule has 2 rings (SSSR count). The number of ether oxygens (including phenoxy) is 2. The second-order valence-corrected chi connectivity index (χ2v) is 5.48. The van der Waals surface area contributed by atoms with Gasteiger partial charge < -0.3 is 14.8 Å². The van der Waals surface area contributed by atoms with E-state index in [0.717, 1.165) is 11.1 Å². The Morgan fingerprint density at radius 1 is 1.04 bits per heavy atom. The summed E-state index contributed by atoms with van der Waals surface area (Å²) >= 11 is 0. The lowest BCUT2D eigenvalue weighted by Gasteiger charge is -2.07. The minimum atomic E-state index is -0.846. The Kier molecular flexibility index (Phi) is 6.73. The van der Waals surface area contributed by atoms with Crippen LogP contribution in [-0.4, -0.2) is 32.2 Å². The van der Waals surface area contributed by atoms with E-state index in [1.807, 2.05) is 31.2 Å². The predicted molar refractivity (Wildman–Crippen MR) is 98.3 cm³/mol. The summed E-state index contributed by atoms with van der Waals surface area (Å²) in [4.78, 5) is 23.6. The fourth-order valence-corrected chi connectivity index (χ4v) is 2.10. The summed E-state index contributed by atoms with van der Waals surface area (Å²) in [6.07, 6.45) is 1.39. The summed E-state index contributed by atoms with van der Waals surface area (Å²) < 4.78 is 10.3. The van der Waals surface area contributed by atoms with Crippen molar-refractivity contribution >= 4 is 18.0 Å². The molecule has 0 atom stereocenters. The highest BCUT2D eigenvalue weighted by atomic mass is 16.5. The Balaban J connectivity index is 1.88. The number of benzene rings is 2. The lowest BCUT2D eigenvalue weighted by molar-refractivity contribution is -0.139. The first kappa shape index (κ1) is 19.0. The molecule has 7 nitrogen and oxygen atoms in total. The molecule has 0 unspecified atom stereocenters. The van der Waals surface area contributed by atoms with Gasteiger partial charge in [-0.2, -0.15) is 5.10 Å². The molecule has 0 aromatic heterocycles. The SMILES string of the molecule is COc1ccc(/C=N\NC(=O)C(=O)NCc2ccc(C)cc2)c(OC)c1. The molecule has 26 heavy (non-hydrogen) atoms. The van der Waals surface area contributed by atoms with Gasteiger partial charge in [0.25, 0.3) is 0 Å². The normalized spacial score (nSPS) is 10.4. The van der Waals surface area contributed by atoms with Crippen LogP contribution in [-0.2, 0) is 16.1 Å². The highest BCUT2D eigenvalue weighted by molar-refractivity contribution is 6.35. The highest BCUT2D eigenvalue weighted by Crippen LogP contribution is 2.22. The molecule has 0 aliphatic rings. The van der Waals surface area contributed by atoms with E-state index in [0.29, 0.717) is 17.1 Å². The third-order valence-corrected chi connectivity index (χ3v) is 3.59. The van der Waals surface area contributed by atoms with Gasteiger partial charge in [0.2, 0.25) is 0 Å². The minimum Gasteiger partial charge on any atom is -0.497 e. The van der Waals surface area contributed by atoms with Crippen molar-refractivity contribution in [2.24, 2.45) is 5.10 Å². The first-order valence-corrected chi connectivity index (χ1v) is 7.92. The molecule has 0 fully saturated rings. The van der Waals surface area contributed by atoms with Crippen LogP contribution in [0.25, 0.3) is 0 Å². The number of rotatable bonds is 6. The van der Waals surface area contributed by atoms with Crippen molar-refractivity contribution in [3.05, 3.63) is 59.2 Å². The molecule has 0 bridgehead atoms. The van der Waals surface area contributed by atoms with E-state index in [1.165, 1.54) is 13.3 Å². The number of aryl methyl sites for hydroxylation is 1. The van der Waals surface area contributed by atoms with E-state index in [2.05, 4.69) is 15.8 Å². The summed E-state index contributed by atoms with van der Waals surface area (Å²) in [5.41, 5.74) is 4.85. The van der Waals surface area contributed by atoms with Crippen molar-refractivity contribution in [1.29, 1.82) is 0 Å². The number of carbonyl (C=O) groups is 2. The van der Waals surface area contributed by atoms with E-state index in [1.54, 1.807) is 25.3 Å². The van der Waals surface area contributed by atoms with Gasteiger partial charge in [0, 0.05) is 18.2 Å². The molecular weight excluding hydrogens is 334 g/mol. The van der Waals surface area contributed by atoms with Crippen LogP contribution in [0, 0.1) is 6.92 Å². The molecule has 136 valence electrons. The van der Waals surface area contributed by atoms with Gasteiger partial charge >= 0.3 is 11.8 Å². The maximum absolute atomic E-state index is 11.8. The lowest BCUT2D eigenvalue weighted by Crippen LogP contribution is -2.37. The Labute approximate surface area is 152 Å². The number of nitrogens with zero attached hydrogens (tertiary/aromatic N) is 1. The van der Waals surface area contributed by atoms with Gasteiger partial charge in [-0.1, -0.05) is 29.8 Å². The van der Waals surface area contributed by atoms with Gasteiger partial charge in [0.05, 0.1) is 20.4 Å². The molecule has 0 heterocycles. The number of nitrogens with one attached hydrogen (secondary N) is 2.